The van der Waals surface area contributed by atoms with Gasteiger partial charge in [0.2, 0.25) is 0 Å². The minimum absolute atomic E-state index is 0.308. The van der Waals surface area contributed by atoms with Gasteiger partial charge in [-0.25, -0.2) is 4.99 Å². The second-order valence-electron chi connectivity index (χ2n) is 4.00. The normalized spacial score (nSPS) is 42.2. The van der Waals surface area contributed by atoms with E-state index >= 15 is 0 Å². The van der Waals surface area contributed by atoms with Crippen LogP contribution in [-0.4, -0.2) is 19.0 Å². The van der Waals surface area contributed by atoms with Crippen LogP contribution in [0.4, 0.5) is 0 Å². The van der Waals surface area contributed by atoms with Crippen molar-refractivity contribution in [2.24, 2.45) is 22.7 Å². The Morgan fingerprint density at radius 1 is 1.14 bits per heavy atom. The van der Waals surface area contributed by atoms with E-state index in [1.54, 1.807) is 7.11 Å². The van der Waals surface area contributed by atoms with Crippen molar-refractivity contribution < 1.29 is 4.74 Å². The molecule has 0 spiro atoms. The number of nitrogens with zero attached hydrogens (tertiary/aromatic N) is 1. The molecular weight excluding hydrogens is 174 g/mol. The van der Waals surface area contributed by atoms with E-state index in [0.717, 1.165) is 5.90 Å². The molecule has 2 aliphatic carbocycles. The molecule has 0 unspecified atom stereocenters. The summed E-state index contributed by atoms with van der Waals surface area (Å²) in [5.41, 5.74) is 0. The molecular formula is C12H13NO. The minimum atomic E-state index is 0.308. The van der Waals surface area contributed by atoms with Crippen LogP contribution in [0.15, 0.2) is 41.4 Å². The maximum Gasteiger partial charge on any atom is 0.188 e. The van der Waals surface area contributed by atoms with Gasteiger partial charge in [0.15, 0.2) is 5.90 Å². The fraction of sp³-hybridized carbons (Fsp3) is 0.417. The highest BCUT2D eigenvalue weighted by molar-refractivity contribution is 5.83. The molecule has 72 valence electrons. The van der Waals surface area contributed by atoms with Gasteiger partial charge in [-0.2, -0.15) is 0 Å². The number of aliphatic imine (C=N–C) groups is 1. The van der Waals surface area contributed by atoms with Crippen LogP contribution < -0.4 is 0 Å². The van der Waals surface area contributed by atoms with Gasteiger partial charge in [-0.15, -0.1) is 0 Å². The lowest BCUT2D eigenvalue weighted by Gasteiger charge is -2.27. The predicted octanol–water partition coefficient (Wildman–Crippen LogP) is 1.96. The molecule has 1 heterocycles. The van der Waals surface area contributed by atoms with E-state index in [0.29, 0.717) is 23.8 Å². The van der Waals surface area contributed by atoms with Crippen molar-refractivity contribution in [1.82, 2.24) is 0 Å². The van der Waals surface area contributed by atoms with Gasteiger partial charge >= 0.3 is 0 Å². The van der Waals surface area contributed by atoms with Crippen LogP contribution in [-0.2, 0) is 4.74 Å². The summed E-state index contributed by atoms with van der Waals surface area (Å²) in [5, 5.41) is 0. The number of hydrogen-bond acceptors (Lipinski definition) is 2. The van der Waals surface area contributed by atoms with Gasteiger partial charge in [0.05, 0.1) is 19.1 Å². The summed E-state index contributed by atoms with van der Waals surface area (Å²) in [6.07, 6.45) is 13.2. The van der Waals surface area contributed by atoms with Crippen LogP contribution in [0, 0.1) is 17.8 Å². The lowest BCUT2D eigenvalue weighted by molar-refractivity contribution is 0.335. The number of methoxy groups -OCH3 is 1. The highest BCUT2D eigenvalue weighted by atomic mass is 16.5. The fourth-order valence-corrected chi connectivity index (χ4v) is 2.64. The van der Waals surface area contributed by atoms with E-state index in [9.17, 15) is 0 Å². The van der Waals surface area contributed by atoms with E-state index in [4.69, 9.17) is 4.74 Å². The van der Waals surface area contributed by atoms with E-state index in [1.807, 2.05) is 0 Å². The molecule has 4 bridgehead atoms. The molecule has 0 saturated heterocycles. The summed E-state index contributed by atoms with van der Waals surface area (Å²) < 4.78 is 5.36. The SMILES string of the molecule is COC1=N[C@@H]2C=C[C@H]3C=CC=C[C@H]2[C@H]13. The summed E-state index contributed by atoms with van der Waals surface area (Å²) in [4.78, 5) is 4.58. The van der Waals surface area contributed by atoms with E-state index in [1.165, 1.54) is 0 Å². The third-order valence-electron chi connectivity index (χ3n) is 3.30. The summed E-state index contributed by atoms with van der Waals surface area (Å²) in [6.45, 7) is 0. The lowest BCUT2D eigenvalue weighted by atomic mass is 9.76. The maximum absolute atomic E-state index is 5.36. The molecule has 3 aliphatic rings. The Balaban J connectivity index is 2.08. The Labute approximate surface area is 83.7 Å². The van der Waals surface area contributed by atoms with Crippen molar-refractivity contribution in [3.8, 4) is 0 Å². The Morgan fingerprint density at radius 3 is 2.86 bits per heavy atom. The summed E-state index contributed by atoms with van der Waals surface area (Å²) in [5.74, 6) is 2.33. The molecule has 0 aromatic heterocycles. The second kappa shape index (κ2) is 2.84. The molecule has 2 heteroatoms. The van der Waals surface area contributed by atoms with Crippen molar-refractivity contribution in [2.75, 3.05) is 7.11 Å². The first-order chi connectivity index (χ1) is 6.90. The van der Waals surface area contributed by atoms with Crippen LogP contribution >= 0.6 is 0 Å². The zero-order valence-electron chi connectivity index (χ0n) is 8.13. The first kappa shape index (κ1) is 8.04. The van der Waals surface area contributed by atoms with Crippen molar-refractivity contribution in [3.05, 3.63) is 36.5 Å². The van der Waals surface area contributed by atoms with Crippen LogP contribution in [0.2, 0.25) is 0 Å². The Kier molecular flexibility index (Phi) is 1.63. The molecule has 0 N–H and O–H groups in total. The van der Waals surface area contributed by atoms with Gasteiger partial charge in [0.1, 0.15) is 0 Å². The Hall–Kier alpha value is -1.31. The molecule has 14 heavy (non-hydrogen) atoms. The van der Waals surface area contributed by atoms with Crippen LogP contribution in [0.25, 0.3) is 0 Å². The monoisotopic (exact) mass is 187 g/mol. The smallest absolute Gasteiger partial charge is 0.188 e. The largest absolute Gasteiger partial charge is 0.484 e. The number of rotatable bonds is 0. The maximum atomic E-state index is 5.36. The van der Waals surface area contributed by atoms with Gasteiger partial charge in [0.25, 0.3) is 0 Å². The van der Waals surface area contributed by atoms with Crippen molar-refractivity contribution in [2.45, 2.75) is 6.04 Å². The summed E-state index contributed by atoms with van der Waals surface area (Å²) in [7, 11) is 1.72. The quantitative estimate of drug-likeness (QED) is 0.531. The van der Waals surface area contributed by atoms with Crippen molar-refractivity contribution >= 4 is 5.90 Å². The summed E-state index contributed by atoms with van der Waals surface area (Å²) >= 11 is 0. The molecule has 1 aliphatic heterocycles. The van der Waals surface area contributed by atoms with Gasteiger partial charge in [0, 0.05) is 11.8 Å². The zero-order valence-corrected chi connectivity index (χ0v) is 8.13. The Morgan fingerprint density at radius 2 is 2.00 bits per heavy atom. The van der Waals surface area contributed by atoms with Gasteiger partial charge in [-0.3, -0.25) is 0 Å². The van der Waals surface area contributed by atoms with Crippen molar-refractivity contribution in [1.29, 1.82) is 0 Å². The van der Waals surface area contributed by atoms with Gasteiger partial charge in [-0.05, 0) is 0 Å². The number of ether oxygens (including phenoxy) is 1. The van der Waals surface area contributed by atoms with Crippen molar-refractivity contribution in [3.63, 3.8) is 0 Å². The second-order valence-corrected chi connectivity index (χ2v) is 4.00. The van der Waals surface area contributed by atoms with E-state index in [-0.39, 0.29) is 0 Å². The van der Waals surface area contributed by atoms with Crippen LogP contribution in [0.3, 0.4) is 0 Å². The van der Waals surface area contributed by atoms with Gasteiger partial charge < -0.3 is 4.74 Å². The predicted molar refractivity (Wildman–Crippen MR) is 56.1 cm³/mol. The number of hydrogen-bond donors (Lipinski definition) is 0. The first-order valence-corrected chi connectivity index (χ1v) is 5.05. The lowest BCUT2D eigenvalue weighted by Crippen LogP contribution is -2.30. The molecule has 3 rings (SSSR count). The summed E-state index contributed by atoms with van der Waals surface area (Å²) in [6, 6.07) is 0.308. The zero-order chi connectivity index (χ0) is 9.54. The molecule has 0 fully saturated rings. The molecule has 0 radical (unpaired) electrons. The molecule has 0 aromatic carbocycles. The van der Waals surface area contributed by atoms with E-state index < -0.39 is 0 Å². The standard InChI is InChI=1S/C12H13NO/c1-14-12-11-8-4-2-3-5-9(11)10(13-12)7-6-8/h2-11H,1H3/t8-,9-,10-,11-/m1/s1. The molecule has 0 aromatic rings. The molecule has 2 nitrogen and oxygen atoms in total. The minimum Gasteiger partial charge on any atom is -0.484 e. The molecule has 0 amide bonds. The third kappa shape index (κ3) is 0.939. The molecule has 0 saturated carbocycles. The highest BCUT2D eigenvalue weighted by Crippen LogP contribution is 2.41. The van der Waals surface area contributed by atoms with Gasteiger partial charge in [-0.1, -0.05) is 36.5 Å². The van der Waals surface area contributed by atoms with Crippen LogP contribution in [0.1, 0.15) is 0 Å². The average molecular weight is 187 g/mol. The highest BCUT2D eigenvalue weighted by Gasteiger charge is 2.43. The first-order valence-electron chi connectivity index (χ1n) is 5.05. The fourth-order valence-electron chi connectivity index (χ4n) is 2.64. The Bertz CT molecular complexity index is 365. The topological polar surface area (TPSA) is 21.6 Å². The molecule has 4 atom stereocenters. The third-order valence-corrected chi connectivity index (χ3v) is 3.30. The average Bonchev–Trinajstić information content (AvgIpc) is 2.35. The van der Waals surface area contributed by atoms with Crippen LogP contribution in [0.5, 0.6) is 0 Å². The van der Waals surface area contributed by atoms with E-state index in [2.05, 4.69) is 41.4 Å². The number of allylic oxidation sites excluding steroid dienone is 4.